The number of nitrogens with one attached hydrogen (secondary N) is 1. The molecule has 0 aliphatic carbocycles. The van der Waals surface area contributed by atoms with Crippen molar-refractivity contribution in [3.63, 3.8) is 0 Å². The summed E-state index contributed by atoms with van der Waals surface area (Å²) in [7, 11) is 1.92. The van der Waals surface area contributed by atoms with Gasteiger partial charge in [0.25, 0.3) is 6.01 Å². The fraction of sp³-hybridized carbons (Fsp3) is 0.100. The Balaban J connectivity index is 1.65. The molecule has 0 aliphatic rings. The minimum atomic E-state index is 0.437. The molecule has 0 spiro atoms. The summed E-state index contributed by atoms with van der Waals surface area (Å²) in [6, 6.07) is 16.5. The average molecular weight is 328 g/mol. The van der Waals surface area contributed by atoms with Gasteiger partial charge in [0.15, 0.2) is 5.76 Å². The lowest BCUT2D eigenvalue weighted by Crippen LogP contribution is -1.91. The van der Waals surface area contributed by atoms with Crippen LogP contribution < -0.4 is 5.32 Å². The summed E-state index contributed by atoms with van der Waals surface area (Å²) in [4.78, 5) is 4.32. The maximum absolute atomic E-state index is 9.18. The average Bonchev–Trinajstić information content (AvgIpc) is 3.20. The van der Waals surface area contributed by atoms with Gasteiger partial charge in [-0.2, -0.15) is 5.26 Å². The van der Waals surface area contributed by atoms with Gasteiger partial charge in [-0.1, -0.05) is 24.3 Å². The first-order valence-electron chi connectivity index (χ1n) is 7.94. The first-order chi connectivity index (χ1) is 12.2. The van der Waals surface area contributed by atoms with E-state index in [1.54, 1.807) is 6.20 Å². The minimum absolute atomic E-state index is 0.437. The van der Waals surface area contributed by atoms with E-state index < -0.39 is 0 Å². The molecule has 0 saturated heterocycles. The van der Waals surface area contributed by atoms with Gasteiger partial charge in [0.1, 0.15) is 6.07 Å². The zero-order chi connectivity index (χ0) is 17.4. The first kappa shape index (κ1) is 15.0. The number of aromatic nitrogens is 2. The molecule has 0 radical (unpaired) electrons. The van der Waals surface area contributed by atoms with Crippen LogP contribution in [0.2, 0.25) is 0 Å². The van der Waals surface area contributed by atoms with Crippen LogP contribution in [0.15, 0.2) is 59.3 Å². The summed E-state index contributed by atoms with van der Waals surface area (Å²) in [6.07, 6.45) is 3.55. The summed E-state index contributed by atoms with van der Waals surface area (Å²) >= 11 is 0. The third kappa shape index (κ3) is 2.64. The maximum atomic E-state index is 9.18. The predicted octanol–water partition coefficient (Wildman–Crippen LogP) is 4.76. The number of aryl methyl sites for hydroxylation is 2. The number of anilines is 2. The fourth-order valence-corrected chi connectivity index (χ4v) is 2.98. The van der Waals surface area contributed by atoms with E-state index in [0.717, 1.165) is 33.5 Å². The number of benzene rings is 2. The van der Waals surface area contributed by atoms with E-state index in [0.29, 0.717) is 11.6 Å². The number of nitrogens with zero attached hydrogens (tertiary/aromatic N) is 3. The SMILES string of the molecule is Cc1ccccc1-c1cnc(Nc2ccc3c(C#N)cn(C)c3c2)o1. The molecule has 5 heteroatoms. The van der Waals surface area contributed by atoms with Crippen LogP contribution in [0.1, 0.15) is 11.1 Å². The van der Waals surface area contributed by atoms with Crippen LogP contribution in [-0.4, -0.2) is 9.55 Å². The predicted molar refractivity (Wildman–Crippen MR) is 97.6 cm³/mol. The summed E-state index contributed by atoms with van der Waals surface area (Å²) in [5, 5.41) is 13.3. The Morgan fingerprint density at radius 3 is 2.84 bits per heavy atom. The number of fused-ring (bicyclic) bond motifs is 1. The summed E-state index contributed by atoms with van der Waals surface area (Å²) in [5.41, 5.74) is 4.67. The Kier molecular flexibility index (Phi) is 3.51. The second-order valence-electron chi connectivity index (χ2n) is 5.97. The lowest BCUT2D eigenvalue weighted by molar-refractivity contribution is 0.591. The number of oxazole rings is 1. The van der Waals surface area contributed by atoms with Crippen molar-refractivity contribution in [2.75, 3.05) is 5.32 Å². The van der Waals surface area contributed by atoms with E-state index in [1.165, 1.54) is 0 Å². The Morgan fingerprint density at radius 1 is 1.20 bits per heavy atom. The highest BCUT2D eigenvalue weighted by molar-refractivity contribution is 5.89. The second-order valence-corrected chi connectivity index (χ2v) is 5.97. The van der Waals surface area contributed by atoms with Gasteiger partial charge in [-0.25, -0.2) is 4.98 Å². The van der Waals surface area contributed by atoms with Crippen molar-refractivity contribution in [1.82, 2.24) is 9.55 Å². The van der Waals surface area contributed by atoms with Gasteiger partial charge < -0.3 is 14.3 Å². The Labute approximate surface area is 145 Å². The third-order valence-electron chi connectivity index (χ3n) is 4.28. The molecular formula is C20H16N4O. The number of hydrogen-bond acceptors (Lipinski definition) is 4. The molecule has 2 heterocycles. The molecule has 0 unspecified atom stereocenters. The lowest BCUT2D eigenvalue weighted by Gasteiger charge is -2.04. The van der Waals surface area contributed by atoms with E-state index in [4.69, 9.17) is 4.42 Å². The lowest BCUT2D eigenvalue weighted by atomic mass is 10.1. The molecule has 0 fully saturated rings. The molecule has 4 aromatic rings. The van der Waals surface area contributed by atoms with E-state index in [9.17, 15) is 5.26 Å². The quantitative estimate of drug-likeness (QED) is 0.589. The molecule has 2 aromatic heterocycles. The highest BCUT2D eigenvalue weighted by Gasteiger charge is 2.10. The molecule has 0 aliphatic heterocycles. The maximum Gasteiger partial charge on any atom is 0.299 e. The molecule has 122 valence electrons. The molecule has 0 bridgehead atoms. The van der Waals surface area contributed by atoms with Crippen molar-refractivity contribution in [2.24, 2.45) is 7.05 Å². The monoisotopic (exact) mass is 328 g/mol. The second kappa shape index (κ2) is 5.84. The third-order valence-corrected chi connectivity index (χ3v) is 4.28. The van der Waals surface area contributed by atoms with E-state index in [2.05, 4.69) is 16.4 Å². The minimum Gasteiger partial charge on any atom is -0.423 e. The van der Waals surface area contributed by atoms with Crippen LogP contribution in [0.3, 0.4) is 0 Å². The zero-order valence-electron chi connectivity index (χ0n) is 13.9. The van der Waals surface area contributed by atoms with E-state index in [1.807, 2.05) is 67.2 Å². The van der Waals surface area contributed by atoms with Crippen molar-refractivity contribution in [3.8, 4) is 17.4 Å². The highest BCUT2D eigenvalue weighted by Crippen LogP contribution is 2.28. The molecule has 25 heavy (non-hydrogen) atoms. The van der Waals surface area contributed by atoms with Crippen molar-refractivity contribution in [3.05, 3.63) is 66.0 Å². The van der Waals surface area contributed by atoms with Gasteiger partial charge in [-0.05, 0) is 30.7 Å². The van der Waals surface area contributed by atoms with E-state index in [-0.39, 0.29) is 0 Å². The van der Waals surface area contributed by atoms with Crippen LogP contribution in [0.5, 0.6) is 0 Å². The normalized spacial score (nSPS) is 10.8. The van der Waals surface area contributed by atoms with Crippen LogP contribution in [-0.2, 0) is 7.05 Å². The number of hydrogen-bond donors (Lipinski definition) is 1. The van der Waals surface area contributed by atoms with Crippen LogP contribution in [0.25, 0.3) is 22.2 Å². The van der Waals surface area contributed by atoms with Gasteiger partial charge in [0.2, 0.25) is 0 Å². The zero-order valence-corrected chi connectivity index (χ0v) is 13.9. The van der Waals surface area contributed by atoms with Crippen molar-refractivity contribution in [1.29, 1.82) is 5.26 Å². The summed E-state index contributed by atoms with van der Waals surface area (Å²) in [6.45, 7) is 2.04. The van der Waals surface area contributed by atoms with Crippen LogP contribution in [0, 0.1) is 18.3 Å². The summed E-state index contributed by atoms with van der Waals surface area (Å²) < 4.78 is 7.78. The van der Waals surface area contributed by atoms with Gasteiger partial charge in [-0.15, -0.1) is 0 Å². The van der Waals surface area contributed by atoms with Crippen molar-refractivity contribution >= 4 is 22.6 Å². The standard InChI is InChI=1S/C20H16N4O/c1-13-5-3-4-6-16(13)19-11-22-20(25-19)23-15-7-8-17-14(10-21)12-24(2)18(17)9-15/h3-9,11-12H,1-2H3,(H,22,23). The highest BCUT2D eigenvalue weighted by atomic mass is 16.4. The topological polar surface area (TPSA) is 66.8 Å². The van der Waals surface area contributed by atoms with Gasteiger partial charge in [0.05, 0.1) is 17.3 Å². The first-order valence-corrected chi connectivity index (χ1v) is 7.94. The Hall–Kier alpha value is -3.52. The molecule has 0 saturated carbocycles. The molecule has 1 N–H and O–H groups in total. The number of rotatable bonds is 3. The molecule has 4 rings (SSSR count). The summed E-state index contributed by atoms with van der Waals surface area (Å²) in [5.74, 6) is 0.729. The molecule has 5 nitrogen and oxygen atoms in total. The Morgan fingerprint density at radius 2 is 2.04 bits per heavy atom. The molecule has 0 atom stereocenters. The van der Waals surface area contributed by atoms with Crippen molar-refractivity contribution < 1.29 is 4.42 Å². The molecular weight excluding hydrogens is 312 g/mol. The largest absolute Gasteiger partial charge is 0.423 e. The van der Waals surface area contributed by atoms with Crippen LogP contribution >= 0.6 is 0 Å². The van der Waals surface area contributed by atoms with Crippen molar-refractivity contribution in [2.45, 2.75) is 6.92 Å². The molecule has 0 amide bonds. The van der Waals surface area contributed by atoms with E-state index >= 15 is 0 Å². The molecule has 2 aromatic carbocycles. The smallest absolute Gasteiger partial charge is 0.299 e. The van der Waals surface area contributed by atoms with Crippen LogP contribution in [0.4, 0.5) is 11.7 Å². The number of nitriles is 1. The van der Waals surface area contributed by atoms with Gasteiger partial charge in [-0.3, -0.25) is 0 Å². The Bertz CT molecular complexity index is 1110. The van der Waals surface area contributed by atoms with Gasteiger partial charge in [0, 0.05) is 29.9 Å². The fourth-order valence-electron chi connectivity index (χ4n) is 2.98. The van der Waals surface area contributed by atoms with Gasteiger partial charge >= 0.3 is 0 Å².